The quantitative estimate of drug-likeness (QED) is 0.877. The SMILES string of the molecule is Cc1cn[nH]c1[C@H]1CCN(C(=O)c2ccn(C)n2)C1. The Balaban J connectivity index is 1.72. The molecule has 6 nitrogen and oxygen atoms in total. The molecule has 0 spiro atoms. The van der Waals surface area contributed by atoms with Gasteiger partial charge in [0.25, 0.3) is 5.91 Å². The van der Waals surface area contributed by atoms with Gasteiger partial charge in [0.2, 0.25) is 0 Å². The van der Waals surface area contributed by atoms with Crippen molar-refractivity contribution in [2.24, 2.45) is 7.05 Å². The molecule has 0 bridgehead atoms. The van der Waals surface area contributed by atoms with Crippen LogP contribution in [0, 0.1) is 6.92 Å². The third-order valence-corrected chi connectivity index (χ3v) is 3.68. The summed E-state index contributed by atoms with van der Waals surface area (Å²) in [7, 11) is 1.82. The normalized spacial score (nSPS) is 19.1. The molecule has 0 saturated carbocycles. The monoisotopic (exact) mass is 259 g/mol. The number of hydrogen-bond donors (Lipinski definition) is 1. The summed E-state index contributed by atoms with van der Waals surface area (Å²) in [6.45, 7) is 3.55. The van der Waals surface area contributed by atoms with Crippen molar-refractivity contribution in [3.8, 4) is 0 Å². The maximum absolute atomic E-state index is 12.3. The summed E-state index contributed by atoms with van der Waals surface area (Å²) >= 11 is 0. The van der Waals surface area contributed by atoms with E-state index in [0.717, 1.165) is 30.8 Å². The second-order valence-corrected chi connectivity index (χ2v) is 5.08. The summed E-state index contributed by atoms with van der Waals surface area (Å²) in [4.78, 5) is 14.2. The fourth-order valence-corrected chi connectivity index (χ4v) is 2.64. The summed E-state index contributed by atoms with van der Waals surface area (Å²) in [5.41, 5.74) is 2.83. The van der Waals surface area contributed by atoms with Crippen LogP contribution in [0.3, 0.4) is 0 Å². The molecule has 1 fully saturated rings. The van der Waals surface area contributed by atoms with E-state index in [1.54, 1.807) is 16.9 Å². The van der Waals surface area contributed by atoms with Crippen LogP contribution in [0.15, 0.2) is 18.5 Å². The smallest absolute Gasteiger partial charge is 0.274 e. The molecule has 0 radical (unpaired) electrons. The number of H-pyrrole nitrogens is 1. The van der Waals surface area contributed by atoms with Gasteiger partial charge in [-0.3, -0.25) is 14.6 Å². The molecule has 3 heterocycles. The molecule has 2 aromatic rings. The standard InChI is InChI=1S/C13H17N5O/c1-9-7-14-15-12(9)10-3-6-18(8-10)13(19)11-4-5-17(2)16-11/h4-5,7,10H,3,6,8H2,1-2H3,(H,14,15)/t10-/m0/s1. The molecular weight excluding hydrogens is 242 g/mol. The van der Waals surface area contributed by atoms with E-state index in [1.807, 2.05) is 25.1 Å². The lowest BCUT2D eigenvalue weighted by Gasteiger charge is -2.15. The Labute approximate surface area is 111 Å². The number of hydrogen-bond acceptors (Lipinski definition) is 3. The number of aromatic amines is 1. The largest absolute Gasteiger partial charge is 0.337 e. The Hall–Kier alpha value is -2.11. The van der Waals surface area contributed by atoms with Crippen molar-refractivity contribution in [1.29, 1.82) is 0 Å². The highest BCUT2D eigenvalue weighted by molar-refractivity contribution is 5.92. The van der Waals surface area contributed by atoms with Gasteiger partial charge in [0.05, 0.1) is 6.20 Å². The fourth-order valence-electron chi connectivity index (χ4n) is 2.64. The van der Waals surface area contributed by atoms with Gasteiger partial charge in [0.15, 0.2) is 0 Å². The minimum atomic E-state index is 0.0141. The van der Waals surface area contributed by atoms with E-state index in [2.05, 4.69) is 15.3 Å². The molecule has 1 N–H and O–H groups in total. The second kappa shape index (κ2) is 4.53. The number of amides is 1. The molecule has 3 rings (SSSR count). The molecule has 19 heavy (non-hydrogen) atoms. The molecule has 1 saturated heterocycles. The highest BCUT2D eigenvalue weighted by Gasteiger charge is 2.30. The average molecular weight is 259 g/mol. The molecular formula is C13H17N5O. The van der Waals surface area contributed by atoms with E-state index in [-0.39, 0.29) is 5.91 Å². The minimum absolute atomic E-state index is 0.0141. The van der Waals surface area contributed by atoms with E-state index in [9.17, 15) is 4.79 Å². The first-order chi connectivity index (χ1) is 9.15. The van der Waals surface area contributed by atoms with Crippen molar-refractivity contribution in [3.63, 3.8) is 0 Å². The van der Waals surface area contributed by atoms with Crippen LogP contribution in [-0.4, -0.2) is 43.9 Å². The summed E-state index contributed by atoms with van der Waals surface area (Å²) in [5, 5.41) is 11.3. The van der Waals surface area contributed by atoms with Gasteiger partial charge in [0.1, 0.15) is 5.69 Å². The maximum atomic E-state index is 12.3. The fraction of sp³-hybridized carbons (Fsp3) is 0.462. The number of likely N-dealkylation sites (tertiary alicyclic amines) is 1. The molecule has 0 aromatic carbocycles. The zero-order valence-corrected chi connectivity index (χ0v) is 11.1. The molecule has 1 amide bonds. The zero-order chi connectivity index (χ0) is 13.4. The van der Waals surface area contributed by atoms with Crippen LogP contribution in [0.1, 0.15) is 34.1 Å². The van der Waals surface area contributed by atoms with Crippen molar-refractivity contribution < 1.29 is 4.79 Å². The molecule has 100 valence electrons. The molecule has 0 unspecified atom stereocenters. The maximum Gasteiger partial charge on any atom is 0.274 e. The first-order valence-electron chi connectivity index (χ1n) is 6.44. The lowest BCUT2D eigenvalue weighted by atomic mass is 10.0. The number of carbonyl (C=O) groups excluding carboxylic acids is 1. The molecule has 1 aliphatic heterocycles. The molecule has 6 heteroatoms. The van der Waals surface area contributed by atoms with Gasteiger partial charge in [-0.15, -0.1) is 0 Å². The van der Waals surface area contributed by atoms with Crippen LogP contribution in [0.5, 0.6) is 0 Å². The summed E-state index contributed by atoms with van der Waals surface area (Å²) in [5.74, 6) is 0.371. The topological polar surface area (TPSA) is 66.8 Å². The summed E-state index contributed by atoms with van der Waals surface area (Å²) in [6, 6.07) is 1.76. The molecule has 1 aliphatic rings. The van der Waals surface area contributed by atoms with Crippen LogP contribution < -0.4 is 0 Å². The highest BCUT2D eigenvalue weighted by Crippen LogP contribution is 2.28. The van der Waals surface area contributed by atoms with E-state index in [0.29, 0.717) is 11.6 Å². The van der Waals surface area contributed by atoms with Gasteiger partial charge in [-0.2, -0.15) is 10.2 Å². The first kappa shape index (κ1) is 12.0. The number of aromatic nitrogens is 4. The average Bonchev–Trinajstić information content (AvgIpc) is 3.08. The Morgan fingerprint density at radius 2 is 2.37 bits per heavy atom. The lowest BCUT2D eigenvalue weighted by Crippen LogP contribution is -2.29. The Kier molecular flexibility index (Phi) is 2.85. The van der Waals surface area contributed by atoms with Crippen molar-refractivity contribution in [3.05, 3.63) is 35.4 Å². The third kappa shape index (κ3) is 2.14. The predicted molar refractivity (Wildman–Crippen MR) is 69.8 cm³/mol. The number of rotatable bonds is 2. The predicted octanol–water partition coefficient (Wildman–Crippen LogP) is 1.08. The number of aryl methyl sites for hydroxylation is 2. The van der Waals surface area contributed by atoms with Gasteiger partial charge >= 0.3 is 0 Å². The van der Waals surface area contributed by atoms with E-state index >= 15 is 0 Å². The van der Waals surface area contributed by atoms with Crippen LogP contribution >= 0.6 is 0 Å². The number of nitrogens with zero attached hydrogens (tertiary/aromatic N) is 4. The van der Waals surface area contributed by atoms with E-state index in [4.69, 9.17) is 0 Å². The number of carbonyl (C=O) groups is 1. The van der Waals surface area contributed by atoms with Crippen molar-refractivity contribution >= 4 is 5.91 Å². The molecule has 1 atom stereocenters. The Morgan fingerprint density at radius 3 is 3.00 bits per heavy atom. The minimum Gasteiger partial charge on any atom is -0.337 e. The lowest BCUT2D eigenvalue weighted by molar-refractivity contribution is 0.0784. The molecule has 0 aliphatic carbocycles. The van der Waals surface area contributed by atoms with Crippen LogP contribution in [0.25, 0.3) is 0 Å². The van der Waals surface area contributed by atoms with Gasteiger partial charge in [-0.05, 0) is 25.0 Å². The van der Waals surface area contributed by atoms with Gasteiger partial charge < -0.3 is 4.90 Å². The van der Waals surface area contributed by atoms with E-state index in [1.165, 1.54) is 0 Å². The zero-order valence-electron chi connectivity index (χ0n) is 11.1. The van der Waals surface area contributed by atoms with Crippen LogP contribution in [0.2, 0.25) is 0 Å². The highest BCUT2D eigenvalue weighted by atomic mass is 16.2. The second-order valence-electron chi connectivity index (χ2n) is 5.08. The summed E-state index contributed by atoms with van der Waals surface area (Å²) in [6.07, 6.45) is 4.60. The molecule has 2 aromatic heterocycles. The Bertz CT molecular complexity index is 600. The number of nitrogens with one attached hydrogen (secondary N) is 1. The van der Waals surface area contributed by atoms with Crippen LogP contribution in [0.4, 0.5) is 0 Å². The van der Waals surface area contributed by atoms with Gasteiger partial charge in [0, 0.05) is 37.9 Å². The van der Waals surface area contributed by atoms with Gasteiger partial charge in [-0.25, -0.2) is 0 Å². The van der Waals surface area contributed by atoms with Crippen LogP contribution in [-0.2, 0) is 7.05 Å². The van der Waals surface area contributed by atoms with E-state index < -0.39 is 0 Å². The van der Waals surface area contributed by atoms with Crippen molar-refractivity contribution in [1.82, 2.24) is 24.9 Å². The van der Waals surface area contributed by atoms with Crippen molar-refractivity contribution in [2.45, 2.75) is 19.3 Å². The third-order valence-electron chi connectivity index (χ3n) is 3.68. The first-order valence-corrected chi connectivity index (χ1v) is 6.44. The summed E-state index contributed by atoms with van der Waals surface area (Å²) < 4.78 is 1.65. The van der Waals surface area contributed by atoms with Crippen molar-refractivity contribution in [2.75, 3.05) is 13.1 Å². The Morgan fingerprint density at radius 1 is 1.53 bits per heavy atom. The van der Waals surface area contributed by atoms with Gasteiger partial charge in [-0.1, -0.05) is 0 Å².